The fourth-order valence-corrected chi connectivity index (χ4v) is 2.29. The van der Waals surface area contributed by atoms with Crippen molar-refractivity contribution in [2.24, 2.45) is 0 Å². The Labute approximate surface area is 101 Å². The molecule has 0 amide bonds. The molecular formula is C12H15NO2S. The molecule has 1 aromatic carbocycles. The molecule has 1 aromatic rings. The first-order valence-electron chi connectivity index (χ1n) is 5.38. The second-order valence-electron chi connectivity index (χ2n) is 3.80. The fraction of sp³-hybridized carbons (Fsp3) is 0.417. The molecule has 0 aliphatic carbocycles. The highest BCUT2D eigenvalue weighted by molar-refractivity contribution is 7.96. The summed E-state index contributed by atoms with van der Waals surface area (Å²) in [5, 5.41) is -0.104. The number of hydrogen-bond acceptors (Lipinski definition) is 3. The topological polar surface area (TPSA) is 29.5 Å². The van der Waals surface area contributed by atoms with E-state index in [1.165, 1.54) is 0 Å². The summed E-state index contributed by atoms with van der Waals surface area (Å²) < 4.78 is 5.29. The van der Waals surface area contributed by atoms with Crippen molar-refractivity contribution >= 4 is 17.7 Å². The molecule has 2 rings (SSSR count). The smallest absolute Gasteiger partial charge is 0.207 e. The Morgan fingerprint density at radius 2 is 1.88 bits per heavy atom. The van der Waals surface area contributed by atoms with Crippen molar-refractivity contribution in [3.63, 3.8) is 0 Å². The molecule has 3 nitrogen and oxygen atoms in total. The van der Waals surface area contributed by atoms with Crippen LogP contribution in [0.4, 0.5) is 0 Å². The highest BCUT2D eigenvalue weighted by Gasteiger charge is 2.26. The number of carbonyl (C=O) groups excluding carboxylic acids is 1. The maximum atomic E-state index is 11.6. The van der Waals surface area contributed by atoms with Crippen molar-refractivity contribution in [3.8, 4) is 0 Å². The number of carbonyl (C=O) groups is 1. The second-order valence-corrected chi connectivity index (χ2v) is 4.24. The molecule has 4 heteroatoms. The molecule has 0 radical (unpaired) electrons. The normalized spacial score (nSPS) is 19.3. The number of thiol groups is 1. The summed E-state index contributed by atoms with van der Waals surface area (Å²) in [5.41, 5.74) is 1.00. The number of rotatable bonds is 3. The van der Waals surface area contributed by atoms with E-state index in [0.717, 1.165) is 18.7 Å². The van der Waals surface area contributed by atoms with E-state index in [1.807, 2.05) is 30.3 Å². The third-order valence-electron chi connectivity index (χ3n) is 2.76. The Balaban J connectivity index is 2.20. The Morgan fingerprint density at radius 3 is 2.44 bits per heavy atom. The van der Waals surface area contributed by atoms with Crippen molar-refractivity contribution in [1.82, 2.24) is 4.90 Å². The van der Waals surface area contributed by atoms with Crippen LogP contribution in [0.2, 0.25) is 0 Å². The van der Waals surface area contributed by atoms with Gasteiger partial charge in [-0.1, -0.05) is 30.3 Å². The predicted octanol–water partition coefficient (Wildman–Crippen LogP) is 1.52. The average molecular weight is 237 g/mol. The van der Waals surface area contributed by atoms with Crippen LogP contribution in [0, 0.1) is 0 Å². The van der Waals surface area contributed by atoms with Crippen LogP contribution in [0.5, 0.6) is 0 Å². The van der Waals surface area contributed by atoms with Gasteiger partial charge in [0.2, 0.25) is 5.12 Å². The third kappa shape index (κ3) is 2.64. The van der Waals surface area contributed by atoms with Crippen LogP contribution < -0.4 is 0 Å². The number of nitrogens with zero attached hydrogens (tertiary/aromatic N) is 1. The zero-order valence-corrected chi connectivity index (χ0v) is 9.90. The molecule has 0 N–H and O–H groups in total. The van der Waals surface area contributed by atoms with Gasteiger partial charge < -0.3 is 4.74 Å². The van der Waals surface area contributed by atoms with Crippen LogP contribution in [-0.2, 0) is 9.53 Å². The predicted molar refractivity (Wildman–Crippen MR) is 65.6 cm³/mol. The quantitative estimate of drug-likeness (QED) is 0.808. The van der Waals surface area contributed by atoms with E-state index in [2.05, 4.69) is 17.5 Å². The van der Waals surface area contributed by atoms with Gasteiger partial charge in [0.1, 0.15) is 6.04 Å². The van der Waals surface area contributed by atoms with E-state index in [0.29, 0.717) is 13.2 Å². The average Bonchev–Trinajstić information content (AvgIpc) is 2.31. The van der Waals surface area contributed by atoms with E-state index in [-0.39, 0.29) is 11.2 Å². The minimum Gasteiger partial charge on any atom is -0.379 e. The summed E-state index contributed by atoms with van der Waals surface area (Å²) in [6, 6.07) is 9.53. The molecule has 0 unspecified atom stereocenters. The number of hydrogen-bond donors (Lipinski definition) is 1. The Hall–Kier alpha value is -0.840. The molecule has 0 bridgehead atoms. The van der Waals surface area contributed by atoms with E-state index in [9.17, 15) is 4.79 Å². The first-order valence-corrected chi connectivity index (χ1v) is 5.83. The van der Waals surface area contributed by atoms with Gasteiger partial charge in [-0.25, -0.2) is 0 Å². The van der Waals surface area contributed by atoms with Gasteiger partial charge in [0.25, 0.3) is 0 Å². The van der Waals surface area contributed by atoms with Gasteiger partial charge in [0, 0.05) is 13.1 Å². The van der Waals surface area contributed by atoms with Crippen molar-refractivity contribution in [3.05, 3.63) is 35.9 Å². The summed E-state index contributed by atoms with van der Waals surface area (Å²) in [6.07, 6.45) is 0. The molecule has 0 saturated carbocycles. The largest absolute Gasteiger partial charge is 0.379 e. The lowest BCUT2D eigenvalue weighted by Gasteiger charge is -2.32. The SMILES string of the molecule is O=C(S)[C@@H](c1ccccc1)N1CCOCC1. The molecule has 86 valence electrons. The van der Waals surface area contributed by atoms with Crippen LogP contribution in [0.3, 0.4) is 0 Å². The van der Waals surface area contributed by atoms with E-state index < -0.39 is 0 Å². The molecule has 1 saturated heterocycles. The molecule has 16 heavy (non-hydrogen) atoms. The lowest BCUT2D eigenvalue weighted by atomic mass is 10.1. The van der Waals surface area contributed by atoms with Gasteiger partial charge in [-0.15, -0.1) is 12.6 Å². The van der Waals surface area contributed by atoms with Crippen LogP contribution in [0.1, 0.15) is 11.6 Å². The summed E-state index contributed by atoms with van der Waals surface area (Å²) in [4.78, 5) is 13.7. The van der Waals surface area contributed by atoms with Crippen molar-refractivity contribution in [2.45, 2.75) is 6.04 Å². The van der Waals surface area contributed by atoms with Crippen molar-refractivity contribution in [2.75, 3.05) is 26.3 Å². The summed E-state index contributed by atoms with van der Waals surface area (Å²) in [5.74, 6) is 0. The van der Waals surface area contributed by atoms with Gasteiger partial charge in [-0.05, 0) is 5.56 Å². The molecule has 0 spiro atoms. The zero-order chi connectivity index (χ0) is 11.4. The van der Waals surface area contributed by atoms with Crippen LogP contribution in [0.25, 0.3) is 0 Å². The minimum atomic E-state index is -0.242. The van der Waals surface area contributed by atoms with Crippen molar-refractivity contribution in [1.29, 1.82) is 0 Å². The molecule has 0 aromatic heterocycles. The molecule has 1 heterocycles. The highest BCUT2D eigenvalue weighted by Crippen LogP contribution is 2.23. The van der Waals surface area contributed by atoms with E-state index >= 15 is 0 Å². The summed E-state index contributed by atoms with van der Waals surface area (Å²) in [6.45, 7) is 2.94. The van der Waals surface area contributed by atoms with Crippen LogP contribution in [0.15, 0.2) is 30.3 Å². The molecule has 1 aliphatic rings. The van der Waals surface area contributed by atoms with E-state index in [1.54, 1.807) is 0 Å². The first-order chi connectivity index (χ1) is 7.79. The third-order valence-corrected chi connectivity index (χ3v) is 3.00. The number of morpholine rings is 1. The maximum Gasteiger partial charge on any atom is 0.207 e. The second kappa shape index (κ2) is 5.48. The number of benzene rings is 1. The van der Waals surface area contributed by atoms with Gasteiger partial charge >= 0.3 is 0 Å². The van der Waals surface area contributed by atoms with Gasteiger partial charge in [0.15, 0.2) is 0 Å². The standard InChI is InChI=1S/C12H15NO2S/c14-12(16)11(10-4-2-1-3-5-10)13-6-8-15-9-7-13/h1-5,11H,6-9H2,(H,14,16)/t11-/m1/s1. The molecule has 1 aliphatic heterocycles. The Bertz CT molecular complexity index is 349. The summed E-state index contributed by atoms with van der Waals surface area (Å²) >= 11 is 3.99. The zero-order valence-electron chi connectivity index (χ0n) is 9.00. The molecule has 1 fully saturated rings. The van der Waals surface area contributed by atoms with Gasteiger partial charge in [-0.2, -0.15) is 0 Å². The lowest BCUT2D eigenvalue weighted by molar-refractivity contribution is -0.117. The van der Waals surface area contributed by atoms with Crippen LogP contribution in [-0.4, -0.2) is 36.3 Å². The highest BCUT2D eigenvalue weighted by atomic mass is 32.1. The minimum absolute atomic E-state index is 0.104. The fourth-order valence-electron chi connectivity index (χ4n) is 1.98. The Kier molecular flexibility index (Phi) is 3.98. The van der Waals surface area contributed by atoms with Gasteiger partial charge in [0.05, 0.1) is 13.2 Å². The lowest BCUT2D eigenvalue weighted by Crippen LogP contribution is -2.41. The van der Waals surface area contributed by atoms with Gasteiger partial charge in [-0.3, -0.25) is 9.69 Å². The van der Waals surface area contributed by atoms with Crippen molar-refractivity contribution < 1.29 is 9.53 Å². The first kappa shape index (κ1) is 11.6. The summed E-state index contributed by atoms with van der Waals surface area (Å²) in [7, 11) is 0. The van der Waals surface area contributed by atoms with Crippen LogP contribution >= 0.6 is 12.6 Å². The molecule has 1 atom stereocenters. The monoisotopic (exact) mass is 237 g/mol. The molecular weight excluding hydrogens is 222 g/mol. The Morgan fingerprint density at radius 1 is 1.25 bits per heavy atom. The number of ether oxygens (including phenoxy) is 1. The van der Waals surface area contributed by atoms with E-state index in [4.69, 9.17) is 4.74 Å². The maximum absolute atomic E-state index is 11.6.